The summed E-state index contributed by atoms with van der Waals surface area (Å²) in [5, 5.41) is 17.3. The highest BCUT2D eigenvalue weighted by Gasteiger charge is 2.43. The summed E-state index contributed by atoms with van der Waals surface area (Å²) in [4.78, 5) is 29.3. The monoisotopic (exact) mass is 717 g/mol. The second-order valence-electron chi connectivity index (χ2n) is 13.4. The lowest BCUT2D eigenvalue weighted by molar-refractivity contribution is -0.141. The first-order valence-electron chi connectivity index (χ1n) is 15.6. The smallest absolute Gasteiger partial charge is 0.435 e. The molecule has 13 nitrogen and oxygen atoms in total. The van der Waals surface area contributed by atoms with Crippen LogP contribution in [0.2, 0.25) is 0 Å². The zero-order valence-corrected chi connectivity index (χ0v) is 29.2. The summed E-state index contributed by atoms with van der Waals surface area (Å²) >= 11 is 0. The Bertz CT molecular complexity index is 2120. The summed E-state index contributed by atoms with van der Waals surface area (Å²) in [5.41, 5.74) is -0.822. The van der Waals surface area contributed by atoms with Gasteiger partial charge in [-0.15, -0.1) is 0 Å². The third-order valence-electron chi connectivity index (χ3n) is 8.07. The SMILES string of the molecule is CN(Cc1nn(C)cc1C1=CC(C)(S(=O)(=O)n2cc(-c3cn(CCCC(=O)O)nc3C(F)(F)F)c3cccnc32)CC=C1)C(=O)OC(C)(C)C. The number of carboxylic acids is 1. The number of carboxylic acid groups (broad SMARTS) is 1. The molecule has 0 radical (unpaired) electrons. The number of aromatic nitrogens is 6. The number of allylic oxidation sites excluding steroid dienone is 3. The summed E-state index contributed by atoms with van der Waals surface area (Å²) in [5.74, 6) is -1.09. The lowest BCUT2D eigenvalue weighted by Crippen LogP contribution is -2.38. The van der Waals surface area contributed by atoms with Crippen molar-refractivity contribution >= 4 is 38.7 Å². The van der Waals surface area contributed by atoms with Crippen LogP contribution in [-0.4, -0.2) is 76.4 Å². The first-order valence-corrected chi connectivity index (χ1v) is 17.1. The number of carbonyl (C=O) groups is 2. The van der Waals surface area contributed by atoms with Gasteiger partial charge in [0.25, 0.3) is 0 Å². The average Bonchev–Trinajstić information content (AvgIpc) is 3.71. The molecular formula is C33H38F3N7O6S. The predicted octanol–water partition coefficient (Wildman–Crippen LogP) is 5.86. The van der Waals surface area contributed by atoms with Gasteiger partial charge in [-0.25, -0.2) is 22.2 Å². The van der Waals surface area contributed by atoms with Crippen LogP contribution < -0.4 is 0 Å². The zero-order valence-electron chi connectivity index (χ0n) is 28.4. The number of hydrogen-bond donors (Lipinski definition) is 1. The van der Waals surface area contributed by atoms with E-state index < -0.39 is 44.3 Å². The Morgan fingerprint density at radius 2 is 1.82 bits per heavy atom. The van der Waals surface area contributed by atoms with E-state index in [9.17, 15) is 31.2 Å². The van der Waals surface area contributed by atoms with Crippen LogP contribution in [0, 0.1) is 0 Å². The number of amides is 1. The van der Waals surface area contributed by atoms with Gasteiger partial charge in [-0.1, -0.05) is 18.2 Å². The summed E-state index contributed by atoms with van der Waals surface area (Å²) in [6.07, 6.45) is 4.75. The molecule has 0 spiro atoms. The van der Waals surface area contributed by atoms with E-state index in [0.29, 0.717) is 16.8 Å². The second-order valence-corrected chi connectivity index (χ2v) is 15.7. The molecule has 0 aliphatic heterocycles. The van der Waals surface area contributed by atoms with Gasteiger partial charge in [0.1, 0.15) is 10.3 Å². The quantitative estimate of drug-likeness (QED) is 0.212. The third kappa shape index (κ3) is 7.32. The van der Waals surface area contributed by atoms with E-state index in [1.54, 1.807) is 64.0 Å². The fourth-order valence-electron chi connectivity index (χ4n) is 5.71. The van der Waals surface area contributed by atoms with Crippen LogP contribution in [0.15, 0.2) is 55.1 Å². The molecule has 17 heteroatoms. The molecule has 4 aromatic heterocycles. The van der Waals surface area contributed by atoms with Crippen LogP contribution in [0.3, 0.4) is 0 Å². The minimum Gasteiger partial charge on any atom is -0.481 e. The van der Waals surface area contributed by atoms with Gasteiger partial charge in [-0.05, 0) is 58.2 Å². The highest BCUT2D eigenvalue weighted by molar-refractivity contribution is 7.91. The summed E-state index contributed by atoms with van der Waals surface area (Å²) in [6, 6.07) is 2.98. The van der Waals surface area contributed by atoms with Crippen molar-refractivity contribution in [2.45, 2.75) is 76.6 Å². The Kier molecular flexibility index (Phi) is 9.51. The molecule has 1 unspecified atom stereocenters. The number of ether oxygens (including phenoxy) is 1. The fourth-order valence-corrected chi connectivity index (χ4v) is 7.36. The zero-order chi connectivity index (χ0) is 36.8. The Hall–Kier alpha value is -4.93. The fraction of sp³-hybridized carbons (Fsp3) is 0.424. The molecule has 1 aliphatic carbocycles. The molecule has 1 atom stereocenters. The van der Waals surface area contributed by atoms with Crippen molar-refractivity contribution in [3.63, 3.8) is 0 Å². The number of aliphatic carboxylic acids is 1. The van der Waals surface area contributed by atoms with Crippen molar-refractivity contribution in [1.29, 1.82) is 0 Å². The lowest BCUT2D eigenvalue weighted by atomic mass is 9.93. The molecule has 0 bridgehead atoms. The molecule has 0 saturated carbocycles. The maximum atomic E-state index is 14.6. The van der Waals surface area contributed by atoms with E-state index in [0.717, 1.165) is 21.0 Å². The van der Waals surface area contributed by atoms with Crippen molar-refractivity contribution in [2.24, 2.45) is 7.05 Å². The van der Waals surface area contributed by atoms with Crippen LogP contribution in [0.5, 0.6) is 0 Å². The minimum absolute atomic E-state index is 0.0436. The number of rotatable bonds is 10. The highest BCUT2D eigenvalue weighted by Crippen LogP contribution is 2.42. The first-order chi connectivity index (χ1) is 23.2. The van der Waals surface area contributed by atoms with Gasteiger partial charge >= 0.3 is 18.2 Å². The Balaban J connectivity index is 1.56. The Morgan fingerprint density at radius 3 is 2.48 bits per heavy atom. The van der Waals surface area contributed by atoms with Crippen molar-refractivity contribution in [3.05, 3.63) is 72.1 Å². The maximum Gasteiger partial charge on any atom is 0.435 e. The standard InChI is InChI=1S/C33H38F3N7O6S/c1-31(2,3)49-30(46)40(5)20-26-23(17-41(6)38-26)21-10-7-13-32(4,16-21)50(47,48)43-19-24(22-11-8-14-37-29(22)43)25-18-42(15-9-12-27(44)45)39-28(25)33(34,35)36/h7-8,10-11,14,16-19H,9,12-13,15,20H2,1-6H3,(H,44,45). The average molecular weight is 718 g/mol. The number of fused-ring (bicyclic) bond motifs is 1. The molecule has 4 aromatic rings. The van der Waals surface area contributed by atoms with Crippen LogP contribution in [-0.2, 0) is 45.9 Å². The molecule has 5 rings (SSSR count). The van der Waals surface area contributed by atoms with Crippen LogP contribution in [0.1, 0.15) is 63.9 Å². The highest BCUT2D eigenvalue weighted by atomic mass is 32.2. The molecule has 1 amide bonds. The van der Waals surface area contributed by atoms with Gasteiger partial charge in [0.15, 0.2) is 11.3 Å². The van der Waals surface area contributed by atoms with E-state index in [-0.39, 0.29) is 54.5 Å². The molecular weight excluding hydrogens is 679 g/mol. The van der Waals surface area contributed by atoms with Gasteiger partial charge in [-0.2, -0.15) is 23.4 Å². The first kappa shape index (κ1) is 36.4. The molecule has 50 heavy (non-hydrogen) atoms. The topological polar surface area (TPSA) is 154 Å². The van der Waals surface area contributed by atoms with Crippen LogP contribution in [0.4, 0.5) is 18.0 Å². The van der Waals surface area contributed by atoms with E-state index in [1.807, 2.05) is 0 Å². The van der Waals surface area contributed by atoms with Crippen molar-refractivity contribution in [2.75, 3.05) is 7.05 Å². The van der Waals surface area contributed by atoms with Gasteiger partial charge < -0.3 is 14.7 Å². The molecule has 0 aromatic carbocycles. The van der Waals surface area contributed by atoms with Crippen molar-refractivity contribution in [3.8, 4) is 11.1 Å². The summed E-state index contributed by atoms with van der Waals surface area (Å²) in [6.45, 7) is 6.76. The normalized spacial score (nSPS) is 16.9. The lowest BCUT2D eigenvalue weighted by Gasteiger charge is -2.29. The van der Waals surface area contributed by atoms with Crippen molar-refractivity contribution < 1.29 is 41.0 Å². The largest absolute Gasteiger partial charge is 0.481 e. The Labute approximate surface area is 286 Å². The van der Waals surface area contributed by atoms with Gasteiger partial charge in [0, 0.05) is 73.9 Å². The number of carbonyl (C=O) groups excluding carboxylic acids is 1. The molecule has 268 valence electrons. The second kappa shape index (κ2) is 13.1. The van der Waals surface area contributed by atoms with Gasteiger partial charge in [0.05, 0.1) is 12.2 Å². The number of pyridine rings is 1. The number of halogens is 3. The van der Waals surface area contributed by atoms with Crippen molar-refractivity contribution in [1.82, 2.24) is 33.4 Å². The maximum absolute atomic E-state index is 14.6. The molecule has 0 saturated heterocycles. The van der Waals surface area contributed by atoms with Gasteiger partial charge in [0.2, 0.25) is 10.0 Å². The molecule has 1 N–H and O–H groups in total. The molecule has 4 heterocycles. The third-order valence-corrected chi connectivity index (χ3v) is 10.3. The number of aryl methyl sites for hydroxylation is 2. The predicted molar refractivity (Wildman–Crippen MR) is 178 cm³/mol. The molecule has 1 aliphatic rings. The van der Waals surface area contributed by atoms with E-state index in [4.69, 9.17) is 9.84 Å². The van der Waals surface area contributed by atoms with Crippen LogP contribution in [0.25, 0.3) is 27.7 Å². The minimum atomic E-state index is -4.89. The number of hydrogen-bond acceptors (Lipinski definition) is 8. The van der Waals surface area contributed by atoms with Gasteiger partial charge in [-0.3, -0.25) is 14.2 Å². The van der Waals surface area contributed by atoms with Crippen LogP contribution >= 0.6 is 0 Å². The van der Waals surface area contributed by atoms with E-state index in [2.05, 4.69) is 15.2 Å². The summed E-state index contributed by atoms with van der Waals surface area (Å²) in [7, 11) is -1.14. The van der Waals surface area contributed by atoms with E-state index in [1.165, 1.54) is 30.2 Å². The summed E-state index contributed by atoms with van der Waals surface area (Å²) < 4.78 is 79.3. The van der Waals surface area contributed by atoms with E-state index >= 15 is 0 Å². The number of nitrogens with zero attached hydrogens (tertiary/aromatic N) is 7. The Morgan fingerprint density at radius 1 is 1.10 bits per heavy atom. The number of alkyl halides is 3. The molecule has 0 fully saturated rings.